The molecule has 0 bridgehead atoms. The Hall–Kier alpha value is -2.64. The molecule has 0 unspecified atom stereocenters. The summed E-state index contributed by atoms with van der Waals surface area (Å²) in [5.74, 6) is 0.621. The summed E-state index contributed by atoms with van der Waals surface area (Å²) in [6.45, 7) is 6.56. The van der Waals surface area contributed by atoms with E-state index in [2.05, 4.69) is 41.3 Å². The summed E-state index contributed by atoms with van der Waals surface area (Å²) in [5, 5.41) is 9.95. The Kier molecular flexibility index (Phi) is 4.60. The summed E-state index contributed by atoms with van der Waals surface area (Å²) in [5.41, 5.74) is 1.17. The number of carbonyl (C=O) groups excluding carboxylic acids is 2. The number of nitrogens with zero attached hydrogens (tertiary/aromatic N) is 4. The summed E-state index contributed by atoms with van der Waals surface area (Å²) in [4.78, 5) is 30.7. The highest BCUT2D eigenvalue weighted by molar-refractivity contribution is 5.92. The number of hydrogen-bond donors (Lipinski definition) is 2. The molecule has 140 valence electrons. The molecule has 1 fully saturated rings. The molecule has 0 spiro atoms. The molecule has 2 aromatic rings. The number of rotatable bonds is 4. The molecule has 1 aliphatic rings. The minimum atomic E-state index is -0.239. The number of carbonyl (C=O) groups is 2. The second kappa shape index (κ2) is 6.59. The van der Waals surface area contributed by atoms with Crippen LogP contribution in [-0.4, -0.2) is 50.1 Å². The number of likely N-dealkylation sites (tertiary alicyclic amines) is 1. The Morgan fingerprint density at radius 1 is 1.38 bits per heavy atom. The topological polar surface area (TPSA) is 95.9 Å². The predicted molar refractivity (Wildman–Crippen MR) is 96.4 cm³/mol. The fourth-order valence-electron chi connectivity index (χ4n) is 3.32. The van der Waals surface area contributed by atoms with Crippen molar-refractivity contribution >= 4 is 11.8 Å². The molecule has 2 N–H and O–H groups in total. The third kappa shape index (κ3) is 3.36. The first-order valence-corrected chi connectivity index (χ1v) is 8.75. The van der Waals surface area contributed by atoms with Crippen molar-refractivity contribution in [1.29, 1.82) is 0 Å². The van der Waals surface area contributed by atoms with Crippen molar-refractivity contribution in [1.82, 2.24) is 30.0 Å². The van der Waals surface area contributed by atoms with Crippen LogP contribution in [-0.2, 0) is 17.3 Å². The van der Waals surface area contributed by atoms with E-state index in [0.717, 1.165) is 11.5 Å². The van der Waals surface area contributed by atoms with Gasteiger partial charge in [-0.15, -0.1) is 0 Å². The van der Waals surface area contributed by atoms with Gasteiger partial charge in [-0.2, -0.15) is 5.10 Å². The van der Waals surface area contributed by atoms with Crippen molar-refractivity contribution in [3.8, 4) is 0 Å². The van der Waals surface area contributed by atoms with Gasteiger partial charge < -0.3 is 14.8 Å². The third-order valence-electron chi connectivity index (χ3n) is 4.96. The van der Waals surface area contributed by atoms with E-state index in [4.69, 9.17) is 0 Å². The molecule has 0 aliphatic carbocycles. The van der Waals surface area contributed by atoms with Gasteiger partial charge in [0.2, 0.25) is 5.91 Å². The van der Waals surface area contributed by atoms with Crippen LogP contribution in [0.2, 0.25) is 0 Å². The van der Waals surface area contributed by atoms with E-state index >= 15 is 0 Å². The smallest absolute Gasteiger partial charge is 0.271 e. The third-order valence-corrected chi connectivity index (χ3v) is 4.96. The molecule has 2 atom stereocenters. The average molecular weight is 358 g/mol. The van der Waals surface area contributed by atoms with Crippen molar-refractivity contribution in [3.63, 3.8) is 0 Å². The minimum absolute atomic E-state index is 0.0291. The van der Waals surface area contributed by atoms with Crippen molar-refractivity contribution < 1.29 is 9.59 Å². The number of aromatic amines is 1. The first kappa shape index (κ1) is 18.2. The Bertz CT molecular complexity index is 816. The summed E-state index contributed by atoms with van der Waals surface area (Å²) in [6.07, 6.45) is 3.97. The largest absolute Gasteiger partial charge is 0.350 e. The van der Waals surface area contributed by atoms with Gasteiger partial charge in [-0.25, -0.2) is 4.98 Å². The van der Waals surface area contributed by atoms with E-state index < -0.39 is 0 Å². The zero-order chi connectivity index (χ0) is 19.1. The molecule has 3 heterocycles. The van der Waals surface area contributed by atoms with Gasteiger partial charge in [0, 0.05) is 56.5 Å². The second-order valence-electron chi connectivity index (χ2n) is 7.94. The summed E-state index contributed by atoms with van der Waals surface area (Å²) < 4.78 is 1.91. The lowest BCUT2D eigenvalue weighted by Gasteiger charge is -2.24. The van der Waals surface area contributed by atoms with Crippen molar-refractivity contribution in [3.05, 3.63) is 35.7 Å². The minimum Gasteiger partial charge on any atom is -0.350 e. The van der Waals surface area contributed by atoms with Crippen LogP contribution in [0.1, 0.15) is 55.2 Å². The van der Waals surface area contributed by atoms with Crippen LogP contribution in [0.5, 0.6) is 0 Å². The fourth-order valence-corrected chi connectivity index (χ4v) is 3.32. The number of H-pyrrole nitrogens is 1. The number of amides is 2. The first-order chi connectivity index (χ1) is 12.2. The van der Waals surface area contributed by atoms with Gasteiger partial charge >= 0.3 is 0 Å². The van der Waals surface area contributed by atoms with Gasteiger partial charge in [0.25, 0.3) is 5.91 Å². The normalized spacial score (nSPS) is 20.7. The molecule has 0 radical (unpaired) electrons. The SMILES string of the molecule is CN1C(=O)C[C@@H](CNC(=O)c2cc(C(C)(C)C)[nH]n2)[C@@H]1c1nccn1C. The van der Waals surface area contributed by atoms with Gasteiger partial charge in [0.15, 0.2) is 0 Å². The molecular weight excluding hydrogens is 332 g/mol. The molecule has 3 rings (SSSR count). The summed E-state index contributed by atoms with van der Waals surface area (Å²) >= 11 is 0. The van der Waals surface area contributed by atoms with Crippen LogP contribution in [0, 0.1) is 5.92 Å². The molecular formula is C18H26N6O2. The fraction of sp³-hybridized carbons (Fsp3) is 0.556. The first-order valence-electron chi connectivity index (χ1n) is 8.75. The Morgan fingerprint density at radius 3 is 2.69 bits per heavy atom. The average Bonchev–Trinajstić information content (AvgIpc) is 3.26. The maximum absolute atomic E-state index is 12.5. The van der Waals surface area contributed by atoms with Gasteiger partial charge in [0.1, 0.15) is 11.5 Å². The van der Waals surface area contributed by atoms with Crippen LogP contribution in [0.25, 0.3) is 0 Å². The van der Waals surface area contributed by atoms with E-state index in [1.165, 1.54) is 0 Å². The Balaban J connectivity index is 1.70. The van der Waals surface area contributed by atoms with Crippen molar-refractivity contribution in [2.45, 2.75) is 38.6 Å². The van der Waals surface area contributed by atoms with Crippen LogP contribution in [0.3, 0.4) is 0 Å². The summed E-state index contributed by atoms with van der Waals surface area (Å²) in [7, 11) is 3.69. The Morgan fingerprint density at radius 2 is 2.12 bits per heavy atom. The number of aryl methyl sites for hydroxylation is 1. The zero-order valence-electron chi connectivity index (χ0n) is 15.9. The van der Waals surface area contributed by atoms with Gasteiger partial charge in [-0.05, 0) is 6.07 Å². The number of hydrogen-bond acceptors (Lipinski definition) is 4. The van der Waals surface area contributed by atoms with Crippen molar-refractivity contribution in [2.24, 2.45) is 13.0 Å². The quantitative estimate of drug-likeness (QED) is 0.863. The second-order valence-corrected chi connectivity index (χ2v) is 7.94. The lowest BCUT2D eigenvalue weighted by molar-refractivity contribution is -0.127. The van der Waals surface area contributed by atoms with E-state index in [1.54, 1.807) is 24.2 Å². The molecule has 26 heavy (non-hydrogen) atoms. The molecule has 1 saturated heterocycles. The maximum atomic E-state index is 12.5. The molecule has 2 aromatic heterocycles. The van der Waals surface area contributed by atoms with Crippen LogP contribution < -0.4 is 5.32 Å². The Labute approximate surface area is 153 Å². The van der Waals surface area contributed by atoms with Crippen molar-refractivity contribution in [2.75, 3.05) is 13.6 Å². The number of nitrogens with one attached hydrogen (secondary N) is 2. The van der Waals surface area contributed by atoms with E-state index in [0.29, 0.717) is 18.7 Å². The highest BCUT2D eigenvalue weighted by atomic mass is 16.2. The van der Waals surface area contributed by atoms with Crippen LogP contribution in [0.4, 0.5) is 0 Å². The van der Waals surface area contributed by atoms with Gasteiger partial charge in [0.05, 0.1) is 6.04 Å². The molecule has 1 aliphatic heterocycles. The monoisotopic (exact) mass is 358 g/mol. The molecule has 0 saturated carbocycles. The lowest BCUT2D eigenvalue weighted by atomic mass is 9.92. The van der Waals surface area contributed by atoms with Crippen LogP contribution >= 0.6 is 0 Å². The molecule has 8 heteroatoms. The van der Waals surface area contributed by atoms with E-state index in [-0.39, 0.29) is 29.2 Å². The van der Waals surface area contributed by atoms with Crippen LogP contribution in [0.15, 0.2) is 18.5 Å². The standard InChI is InChI=1S/C18H26N6O2/c1-18(2,3)13-9-12(21-22-13)17(26)20-10-11-8-14(25)24(5)15(11)16-19-6-7-23(16)4/h6-7,9,11,15H,8,10H2,1-5H3,(H,20,26)(H,21,22)/t11-,15+/m0/s1. The lowest BCUT2D eigenvalue weighted by Crippen LogP contribution is -2.33. The van der Waals surface area contributed by atoms with E-state index in [1.807, 2.05) is 17.8 Å². The molecule has 0 aromatic carbocycles. The highest BCUT2D eigenvalue weighted by Gasteiger charge is 2.40. The number of aromatic nitrogens is 4. The zero-order valence-corrected chi connectivity index (χ0v) is 15.9. The van der Waals surface area contributed by atoms with Gasteiger partial charge in [-0.1, -0.05) is 20.8 Å². The van der Waals surface area contributed by atoms with E-state index in [9.17, 15) is 9.59 Å². The maximum Gasteiger partial charge on any atom is 0.271 e. The number of imidazole rings is 1. The van der Waals surface area contributed by atoms with Gasteiger partial charge in [-0.3, -0.25) is 14.7 Å². The molecule has 2 amide bonds. The summed E-state index contributed by atoms with van der Waals surface area (Å²) in [6, 6.07) is 1.63. The molecule has 8 nitrogen and oxygen atoms in total. The highest BCUT2D eigenvalue weighted by Crippen LogP contribution is 2.35. The predicted octanol–water partition coefficient (Wildman–Crippen LogP) is 1.39.